The molecule has 0 rings (SSSR count). The minimum absolute atomic E-state index is 0.0156. The van der Waals surface area contributed by atoms with Crippen molar-refractivity contribution in [1.82, 2.24) is 0 Å². The Kier molecular flexibility index (Phi) is 3.13. The Bertz CT molecular complexity index is 117. The Morgan fingerprint density at radius 2 is 1.45 bits per heavy atom. The molecule has 0 amide bonds. The molecule has 1 nitrogen and oxygen atoms in total. The standard InChI is InChI=1S/C10H23N/c1-8(2)10(6,11)7-9(3,4)5/h8H,7,11H2,1-6H3/t10-/m0/s1. The van der Waals surface area contributed by atoms with E-state index >= 15 is 0 Å². The summed E-state index contributed by atoms with van der Waals surface area (Å²) in [7, 11) is 0. The fourth-order valence-corrected chi connectivity index (χ4v) is 1.35. The van der Waals surface area contributed by atoms with Gasteiger partial charge in [0.05, 0.1) is 0 Å². The van der Waals surface area contributed by atoms with E-state index in [1.807, 2.05) is 0 Å². The molecular formula is C10H23N. The van der Waals surface area contributed by atoms with E-state index < -0.39 is 0 Å². The summed E-state index contributed by atoms with van der Waals surface area (Å²) in [6, 6.07) is 0. The zero-order valence-electron chi connectivity index (χ0n) is 8.86. The van der Waals surface area contributed by atoms with Crippen molar-refractivity contribution in [2.24, 2.45) is 17.1 Å². The van der Waals surface area contributed by atoms with E-state index in [1.165, 1.54) is 0 Å². The predicted molar refractivity (Wildman–Crippen MR) is 51.5 cm³/mol. The van der Waals surface area contributed by atoms with Crippen LogP contribution in [0.25, 0.3) is 0 Å². The Balaban J connectivity index is 4.13. The Morgan fingerprint density at radius 1 is 1.09 bits per heavy atom. The van der Waals surface area contributed by atoms with Gasteiger partial charge in [-0.2, -0.15) is 0 Å². The number of nitrogens with two attached hydrogens (primary N) is 1. The van der Waals surface area contributed by atoms with Gasteiger partial charge >= 0.3 is 0 Å². The molecule has 0 spiro atoms. The summed E-state index contributed by atoms with van der Waals surface area (Å²) in [6.07, 6.45) is 1.08. The summed E-state index contributed by atoms with van der Waals surface area (Å²) in [5, 5.41) is 0. The molecule has 0 saturated carbocycles. The van der Waals surface area contributed by atoms with Crippen LogP contribution >= 0.6 is 0 Å². The number of hydrogen-bond acceptors (Lipinski definition) is 1. The van der Waals surface area contributed by atoms with Gasteiger partial charge in [-0.05, 0) is 24.7 Å². The summed E-state index contributed by atoms with van der Waals surface area (Å²) < 4.78 is 0. The third kappa shape index (κ3) is 4.41. The molecule has 0 aliphatic rings. The van der Waals surface area contributed by atoms with Gasteiger partial charge in [0.25, 0.3) is 0 Å². The molecular weight excluding hydrogens is 134 g/mol. The molecule has 0 aromatic rings. The van der Waals surface area contributed by atoms with Crippen LogP contribution in [0.1, 0.15) is 48.0 Å². The van der Waals surface area contributed by atoms with Crippen LogP contribution in [0, 0.1) is 11.3 Å². The van der Waals surface area contributed by atoms with Crippen molar-refractivity contribution in [2.75, 3.05) is 0 Å². The Hall–Kier alpha value is -0.0400. The van der Waals surface area contributed by atoms with Crippen molar-refractivity contribution in [1.29, 1.82) is 0 Å². The van der Waals surface area contributed by atoms with E-state index in [4.69, 9.17) is 5.73 Å². The third-order valence-corrected chi connectivity index (χ3v) is 2.23. The van der Waals surface area contributed by atoms with E-state index in [2.05, 4.69) is 41.5 Å². The molecule has 11 heavy (non-hydrogen) atoms. The number of rotatable bonds is 2. The van der Waals surface area contributed by atoms with Crippen LogP contribution in [0.5, 0.6) is 0 Å². The third-order valence-electron chi connectivity index (χ3n) is 2.23. The molecule has 0 aromatic carbocycles. The van der Waals surface area contributed by atoms with E-state index in [-0.39, 0.29) is 5.54 Å². The SMILES string of the molecule is CC(C)[C@@](C)(N)CC(C)(C)C. The lowest BCUT2D eigenvalue weighted by Gasteiger charge is -2.35. The van der Waals surface area contributed by atoms with Crippen molar-refractivity contribution in [3.63, 3.8) is 0 Å². The van der Waals surface area contributed by atoms with E-state index in [0.29, 0.717) is 11.3 Å². The highest BCUT2D eigenvalue weighted by Crippen LogP contribution is 2.29. The summed E-state index contributed by atoms with van der Waals surface area (Å²) in [4.78, 5) is 0. The molecule has 0 aliphatic carbocycles. The zero-order chi connectivity index (χ0) is 9.28. The van der Waals surface area contributed by atoms with Crippen molar-refractivity contribution >= 4 is 0 Å². The monoisotopic (exact) mass is 157 g/mol. The molecule has 0 fully saturated rings. The fraction of sp³-hybridized carbons (Fsp3) is 1.00. The molecule has 0 radical (unpaired) electrons. The van der Waals surface area contributed by atoms with E-state index in [9.17, 15) is 0 Å². The van der Waals surface area contributed by atoms with Crippen molar-refractivity contribution in [2.45, 2.75) is 53.5 Å². The second kappa shape index (κ2) is 3.14. The first-order valence-electron chi connectivity index (χ1n) is 4.44. The number of hydrogen-bond donors (Lipinski definition) is 1. The van der Waals surface area contributed by atoms with Crippen LogP contribution in [-0.4, -0.2) is 5.54 Å². The molecule has 0 aliphatic heterocycles. The molecule has 0 unspecified atom stereocenters. The van der Waals surface area contributed by atoms with Crippen LogP contribution in [0.15, 0.2) is 0 Å². The van der Waals surface area contributed by atoms with Crippen molar-refractivity contribution in [3.05, 3.63) is 0 Å². The summed E-state index contributed by atoms with van der Waals surface area (Å²) >= 11 is 0. The zero-order valence-corrected chi connectivity index (χ0v) is 8.86. The first-order valence-corrected chi connectivity index (χ1v) is 4.44. The first-order chi connectivity index (χ1) is 4.65. The normalized spacial score (nSPS) is 18.5. The molecule has 1 atom stereocenters. The van der Waals surface area contributed by atoms with Crippen LogP contribution in [-0.2, 0) is 0 Å². The van der Waals surface area contributed by atoms with Gasteiger partial charge in [-0.3, -0.25) is 0 Å². The molecule has 0 aromatic heterocycles. The van der Waals surface area contributed by atoms with Gasteiger partial charge in [0, 0.05) is 5.54 Å². The fourth-order valence-electron chi connectivity index (χ4n) is 1.35. The highest BCUT2D eigenvalue weighted by atomic mass is 14.7. The smallest absolute Gasteiger partial charge is 0.0154 e. The highest BCUT2D eigenvalue weighted by Gasteiger charge is 2.28. The summed E-state index contributed by atoms with van der Waals surface area (Å²) in [6.45, 7) is 13.2. The van der Waals surface area contributed by atoms with Crippen LogP contribution in [0.2, 0.25) is 0 Å². The van der Waals surface area contributed by atoms with Gasteiger partial charge in [0.2, 0.25) is 0 Å². The van der Waals surface area contributed by atoms with Gasteiger partial charge in [-0.25, -0.2) is 0 Å². The van der Waals surface area contributed by atoms with E-state index in [0.717, 1.165) is 6.42 Å². The first kappa shape index (κ1) is 11.0. The van der Waals surface area contributed by atoms with Gasteiger partial charge in [0.1, 0.15) is 0 Å². The predicted octanol–water partition coefficient (Wildman–Crippen LogP) is 2.80. The summed E-state index contributed by atoms with van der Waals surface area (Å²) in [5.41, 5.74) is 6.47. The molecule has 68 valence electrons. The van der Waals surface area contributed by atoms with Crippen LogP contribution in [0.3, 0.4) is 0 Å². The van der Waals surface area contributed by atoms with Gasteiger partial charge in [0.15, 0.2) is 0 Å². The van der Waals surface area contributed by atoms with Crippen LogP contribution < -0.4 is 5.73 Å². The second-order valence-corrected chi connectivity index (χ2v) is 5.40. The van der Waals surface area contributed by atoms with Gasteiger partial charge in [-0.1, -0.05) is 34.6 Å². The molecule has 1 heteroatoms. The molecule has 2 N–H and O–H groups in total. The maximum Gasteiger partial charge on any atom is 0.0154 e. The van der Waals surface area contributed by atoms with Crippen molar-refractivity contribution in [3.8, 4) is 0 Å². The second-order valence-electron chi connectivity index (χ2n) is 5.40. The summed E-state index contributed by atoms with van der Waals surface area (Å²) in [5.74, 6) is 0.557. The maximum atomic E-state index is 6.15. The average molecular weight is 157 g/mol. The lowest BCUT2D eigenvalue weighted by molar-refractivity contribution is 0.217. The minimum Gasteiger partial charge on any atom is -0.325 e. The highest BCUT2D eigenvalue weighted by molar-refractivity contribution is 4.86. The lowest BCUT2D eigenvalue weighted by atomic mass is 9.76. The average Bonchev–Trinajstić information content (AvgIpc) is 1.56. The lowest BCUT2D eigenvalue weighted by Crippen LogP contribution is -2.44. The molecule has 0 heterocycles. The molecule has 0 bridgehead atoms. The topological polar surface area (TPSA) is 26.0 Å². The maximum absolute atomic E-state index is 6.15. The minimum atomic E-state index is -0.0156. The largest absolute Gasteiger partial charge is 0.325 e. The van der Waals surface area contributed by atoms with Gasteiger partial charge < -0.3 is 5.73 Å². The molecule has 0 saturated heterocycles. The Morgan fingerprint density at radius 3 is 1.55 bits per heavy atom. The van der Waals surface area contributed by atoms with E-state index in [1.54, 1.807) is 0 Å². The Labute approximate surface area is 71.4 Å². The van der Waals surface area contributed by atoms with Crippen molar-refractivity contribution < 1.29 is 0 Å². The van der Waals surface area contributed by atoms with Gasteiger partial charge in [-0.15, -0.1) is 0 Å². The van der Waals surface area contributed by atoms with Crippen LogP contribution in [0.4, 0.5) is 0 Å². The quantitative estimate of drug-likeness (QED) is 0.655.